The number of hydrogen-bond donors (Lipinski definition) is 1. The van der Waals surface area contributed by atoms with Crippen LogP contribution in [0, 0.1) is 5.41 Å². The minimum absolute atomic E-state index is 0.0101. The standard InChI is InChI=1S/C20H26F3NO5S/c1-2-30(27,28)12-15-11-19(9-7-16(25)8-10-19)18(26)24(15)14-3-5-17(6-4-14)29-13-20(21,22)23/h3-6,15-16,25H,2,7-13H2,1H3. The Balaban J connectivity index is 1.86. The van der Waals surface area contributed by atoms with Gasteiger partial charge in [0.2, 0.25) is 5.91 Å². The first-order valence-electron chi connectivity index (χ1n) is 9.96. The maximum atomic E-state index is 13.4. The lowest BCUT2D eigenvalue weighted by atomic mass is 9.71. The fraction of sp³-hybridized carbons (Fsp3) is 0.650. The average molecular weight is 449 g/mol. The van der Waals surface area contributed by atoms with Crippen LogP contribution in [0.4, 0.5) is 18.9 Å². The lowest BCUT2D eigenvalue weighted by Gasteiger charge is -2.33. The van der Waals surface area contributed by atoms with E-state index in [9.17, 15) is 31.5 Å². The highest BCUT2D eigenvalue weighted by atomic mass is 32.2. The zero-order valence-corrected chi connectivity index (χ0v) is 17.5. The third kappa shape index (κ3) is 5.08. The molecule has 168 valence electrons. The Morgan fingerprint density at radius 3 is 2.33 bits per heavy atom. The van der Waals surface area contributed by atoms with Crippen molar-refractivity contribution in [1.82, 2.24) is 0 Å². The van der Waals surface area contributed by atoms with Gasteiger partial charge in [0.1, 0.15) is 5.75 Å². The van der Waals surface area contributed by atoms with Crippen molar-refractivity contribution in [1.29, 1.82) is 0 Å². The Kier molecular flexibility index (Phi) is 6.38. The number of aliphatic hydroxyl groups is 1. The number of rotatable bonds is 6. The summed E-state index contributed by atoms with van der Waals surface area (Å²) in [5, 5.41) is 9.84. The molecule has 1 spiro atoms. The summed E-state index contributed by atoms with van der Waals surface area (Å²) in [6, 6.07) is 5.09. The molecule has 1 saturated carbocycles. The lowest BCUT2D eigenvalue weighted by molar-refractivity contribution is -0.153. The summed E-state index contributed by atoms with van der Waals surface area (Å²) in [6.07, 6.45) is -2.60. The van der Waals surface area contributed by atoms with Crippen LogP contribution in [-0.4, -0.2) is 55.9 Å². The van der Waals surface area contributed by atoms with E-state index in [1.165, 1.54) is 29.2 Å². The highest BCUT2D eigenvalue weighted by molar-refractivity contribution is 7.91. The first kappa shape index (κ1) is 22.9. The first-order chi connectivity index (χ1) is 13.9. The Bertz CT molecular complexity index is 861. The van der Waals surface area contributed by atoms with Crippen molar-refractivity contribution in [3.05, 3.63) is 24.3 Å². The van der Waals surface area contributed by atoms with E-state index in [0.717, 1.165) is 0 Å². The van der Waals surface area contributed by atoms with Gasteiger partial charge in [-0.3, -0.25) is 4.79 Å². The normalized spacial score (nSPS) is 27.6. The number of ether oxygens (including phenoxy) is 1. The van der Waals surface area contributed by atoms with Crippen LogP contribution in [-0.2, 0) is 14.6 Å². The van der Waals surface area contributed by atoms with Crippen molar-refractivity contribution >= 4 is 21.4 Å². The maximum absolute atomic E-state index is 13.4. The highest BCUT2D eigenvalue weighted by Gasteiger charge is 2.53. The number of carbonyl (C=O) groups excluding carboxylic acids is 1. The van der Waals surface area contributed by atoms with E-state index < -0.39 is 40.2 Å². The number of hydrogen-bond acceptors (Lipinski definition) is 5. The molecule has 10 heteroatoms. The number of benzene rings is 1. The molecule has 1 saturated heterocycles. The molecule has 0 radical (unpaired) electrons. The number of carbonyl (C=O) groups is 1. The van der Waals surface area contributed by atoms with E-state index in [1.807, 2.05) is 0 Å². The van der Waals surface area contributed by atoms with Gasteiger partial charge in [-0.1, -0.05) is 6.92 Å². The molecule has 1 heterocycles. The summed E-state index contributed by atoms with van der Waals surface area (Å²) in [5.41, 5.74) is -0.280. The van der Waals surface area contributed by atoms with Gasteiger partial charge in [-0.2, -0.15) is 13.2 Å². The number of sulfone groups is 1. The average Bonchev–Trinajstić information content (AvgIpc) is 2.93. The second-order valence-corrected chi connectivity index (χ2v) is 10.5. The van der Waals surface area contributed by atoms with Gasteiger partial charge in [0.25, 0.3) is 0 Å². The largest absolute Gasteiger partial charge is 0.484 e. The van der Waals surface area contributed by atoms with E-state index in [2.05, 4.69) is 0 Å². The Hall–Kier alpha value is -1.81. The molecule has 0 aromatic heterocycles. The van der Waals surface area contributed by atoms with Crippen LogP contribution in [0.15, 0.2) is 24.3 Å². The Morgan fingerprint density at radius 1 is 1.20 bits per heavy atom. The predicted octanol–water partition coefficient (Wildman–Crippen LogP) is 3.09. The second kappa shape index (κ2) is 8.37. The summed E-state index contributed by atoms with van der Waals surface area (Å²) in [6.45, 7) is 0.133. The molecule has 1 amide bonds. The van der Waals surface area contributed by atoms with E-state index in [4.69, 9.17) is 4.74 Å². The van der Waals surface area contributed by atoms with Gasteiger partial charge in [-0.25, -0.2) is 8.42 Å². The molecule has 1 unspecified atom stereocenters. The summed E-state index contributed by atoms with van der Waals surface area (Å²) in [5.74, 6) is -0.390. The van der Waals surface area contributed by atoms with Gasteiger partial charge in [0.15, 0.2) is 16.4 Å². The zero-order valence-electron chi connectivity index (χ0n) is 16.7. The molecule has 1 aliphatic heterocycles. The maximum Gasteiger partial charge on any atom is 0.422 e. The second-order valence-electron chi connectivity index (χ2n) is 8.14. The van der Waals surface area contributed by atoms with Crippen LogP contribution in [0.25, 0.3) is 0 Å². The molecule has 1 aromatic carbocycles. The van der Waals surface area contributed by atoms with Crippen LogP contribution in [0.2, 0.25) is 0 Å². The molecule has 3 rings (SSSR count). The smallest absolute Gasteiger partial charge is 0.422 e. The SMILES string of the molecule is CCS(=O)(=O)CC1CC2(CCC(O)CC2)C(=O)N1c1ccc(OCC(F)(F)F)cc1. The van der Waals surface area contributed by atoms with Crippen LogP contribution in [0.3, 0.4) is 0 Å². The molecule has 2 fully saturated rings. The highest BCUT2D eigenvalue weighted by Crippen LogP contribution is 2.49. The number of halogens is 3. The van der Waals surface area contributed by atoms with E-state index in [1.54, 1.807) is 6.92 Å². The number of aliphatic hydroxyl groups excluding tert-OH is 1. The monoisotopic (exact) mass is 449 g/mol. The third-order valence-electron chi connectivity index (χ3n) is 5.98. The molecule has 1 aliphatic carbocycles. The fourth-order valence-electron chi connectivity index (χ4n) is 4.36. The van der Waals surface area contributed by atoms with Crippen LogP contribution >= 0.6 is 0 Å². The van der Waals surface area contributed by atoms with Gasteiger partial charge < -0.3 is 14.7 Å². The molecule has 0 bridgehead atoms. The van der Waals surface area contributed by atoms with Crippen LogP contribution < -0.4 is 9.64 Å². The molecule has 6 nitrogen and oxygen atoms in total. The number of anilines is 1. The summed E-state index contributed by atoms with van der Waals surface area (Å²) in [7, 11) is -3.36. The Morgan fingerprint density at radius 2 is 1.80 bits per heavy atom. The molecular formula is C20H26F3NO5S. The minimum Gasteiger partial charge on any atom is -0.484 e. The molecule has 1 aromatic rings. The van der Waals surface area contributed by atoms with Gasteiger partial charge in [0, 0.05) is 11.4 Å². The molecule has 1 atom stereocenters. The quantitative estimate of drug-likeness (QED) is 0.722. The molecule has 2 aliphatic rings. The summed E-state index contributed by atoms with van der Waals surface area (Å²) < 4.78 is 66.3. The van der Waals surface area contributed by atoms with Gasteiger partial charge >= 0.3 is 6.18 Å². The van der Waals surface area contributed by atoms with Crippen molar-refractivity contribution in [2.24, 2.45) is 5.41 Å². The number of alkyl halides is 3. The third-order valence-corrected chi connectivity index (χ3v) is 7.75. The fourth-order valence-corrected chi connectivity index (χ4v) is 5.45. The van der Waals surface area contributed by atoms with Gasteiger partial charge in [-0.05, 0) is 56.4 Å². The van der Waals surface area contributed by atoms with Crippen LogP contribution in [0.5, 0.6) is 5.75 Å². The van der Waals surface area contributed by atoms with Crippen molar-refractivity contribution in [3.8, 4) is 5.75 Å². The van der Waals surface area contributed by atoms with Gasteiger partial charge in [0.05, 0.1) is 23.3 Å². The number of nitrogens with zero attached hydrogens (tertiary/aromatic N) is 1. The van der Waals surface area contributed by atoms with Gasteiger partial charge in [-0.15, -0.1) is 0 Å². The zero-order chi connectivity index (χ0) is 22.2. The molecule has 30 heavy (non-hydrogen) atoms. The number of amides is 1. The summed E-state index contributed by atoms with van der Waals surface area (Å²) in [4.78, 5) is 14.9. The van der Waals surface area contributed by atoms with E-state index in [0.29, 0.717) is 37.8 Å². The first-order valence-corrected chi connectivity index (χ1v) is 11.8. The van der Waals surface area contributed by atoms with Crippen molar-refractivity contribution in [3.63, 3.8) is 0 Å². The molecular weight excluding hydrogens is 423 g/mol. The Labute approximate surface area is 173 Å². The van der Waals surface area contributed by atoms with E-state index in [-0.39, 0.29) is 23.2 Å². The lowest BCUT2D eigenvalue weighted by Crippen LogP contribution is -2.41. The predicted molar refractivity (Wildman–Crippen MR) is 105 cm³/mol. The van der Waals surface area contributed by atoms with Crippen molar-refractivity contribution < 1.29 is 36.2 Å². The summed E-state index contributed by atoms with van der Waals surface area (Å²) >= 11 is 0. The van der Waals surface area contributed by atoms with Crippen molar-refractivity contribution in [2.75, 3.05) is 23.0 Å². The topological polar surface area (TPSA) is 83.9 Å². The van der Waals surface area contributed by atoms with Crippen LogP contribution in [0.1, 0.15) is 39.0 Å². The van der Waals surface area contributed by atoms with Crippen molar-refractivity contribution in [2.45, 2.75) is 57.3 Å². The molecule has 1 N–H and O–H groups in total. The minimum atomic E-state index is -4.46. The van der Waals surface area contributed by atoms with E-state index >= 15 is 0 Å².